The van der Waals surface area contributed by atoms with Crippen LogP contribution in [0.3, 0.4) is 0 Å². The summed E-state index contributed by atoms with van der Waals surface area (Å²) in [6.45, 7) is 5.02. The van der Waals surface area contributed by atoms with E-state index in [0.29, 0.717) is 5.69 Å². The number of likely N-dealkylation sites (tertiary alicyclic amines) is 1. The number of carbonyl (C=O) groups excluding carboxylic acids is 1. The molecule has 0 aliphatic carbocycles. The molecule has 0 saturated carbocycles. The lowest BCUT2D eigenvalue weighted by molar-refractivity contribution is 0.0617. The lowest BCUT2D eigenvalue weighted by Crippen LogP contribution is -2.46. The summed E-state index contributed by atoms with van der Waals surface area (Å²) in [6, 6.07) is 10.4. The van der Waals surface area contributed by atoms with Gasteiger partial charge in [0.1, 0.15) is 5.69 Å². The van der Waals surface area contributed by atoms with Crippen molar-refractivity contribution in [3.05, 3.63) is 53.3 Å². The van der Waals surface area contributed by atoms with E-state index in [4.69, 9.17) is 4.74 Å². The number of aromatic nitrogens is 2. The minimum absolute atomic E-state index is 0.0525. The van der Waals surface area contributed by atoms with Gasteiger partial charge in [-0.2, -0.15) is 4.98 Å². The van der Waals surface area contributed by atoms with Crippen molar-refractivity contribution >= 4 is 5.91 Å². The molecule has 0 bridgehead atoms. The molecule has 3 rings (SSSR count). The maximum Gasteiger partial charge on any atom is 0.316 e. The lowest BCUT2D eigenvalue weighted by Gasteiger charge is -2.35. The van der Waals surface area contributed by atoms with Crippen LogP contribution in [0.1, 0.15) is 41.4 Å². The second-order valence-electron chi connectivity index (χ2n) is 6.65. The van der Waals surface area contributed by atoms with E-state index in [9.17, 15) is 4.79 Å². The molecule has 1 aliphatic heterocycles. The highest BCUT2D eigenvalue weighted by Gasteiger charge is 2.40. The van der Waals surface area contributed by atoms with Crippen LogP contribution in [0.4, 0.5) is 0 Å². The molecule has 1 aromatic carbocycles. The zero-order chi connectivity index (χ0) is 17.2. The second-order valence-corrected chi connectivity index (χ2v) is 6.65. The maximum atomic E-state index is 13.0. The standard InChI is InChI=1S/C19H23N3O2/c1-14-6-4-7-15(12-14)13-19(2)9-5-11-22(19)17(23)16-8-10-20-18(21-16)24-3/h4,6-8,10,12H,5,9,11,13H2,1-3H3. The van der Waals surface area contributed by atoms with Crippen molar-refractivity contribution in [3.63, 3.8) is 0 Å². The van der Waals surface area contributed by atoms with Crippen molar-refractivity contribution in [2.75, 3.05) is 13.7 Å². The summed E-state index contributed by atoms with van der Waals surface area (Å²) in [6.07, 6.45) is 4.42. The van der Waals surface area contributed by atoms with Gasteiger partial charge in [0.05, 0.1) is 7.11 Å². The molecule has 5 nitrogen and oxygen atoms in total. The average Bonchev–Trinajstić information content (AvgIpc) is 2.95. The second kappa shape index (κ2) is 6.59. The Labute approximate surface area is 142 Å². The predicted molar refractivity (Wildman–Crippen MR) is 92.1 cm³/mol. The Morgan fingerprint density at radius 2 is 2.21 bits per heavy atom. The summed E-state index contributed by atoms with van der Waals surface area (Å²) in [4.78, 5) is 23.1. The fraction of sp³-hybridized carbons (Fsp3) is 0.421. The summed E-state index contributed by atoms with van der Waals surface area (Å²) in [5, 5.41) is 0. The van der Waals surface area contributed by atoms with Gasteiger partial charge in [-0.05, 0) is 44.7 Å². The number of hydrogen-bond acceptors (Lipinski definition) is 4. The van der Waals surface area contributed by atoms with Crippen LogP contribution >= 0.6 is 0 Å². The van der Waals surface area contributed by atoms with Gasteiger partial charge in [0.25, 0.3) is 5.91 Å². The van der Waals surface area contributed by atoms with Gasteiger partial charge in [-0.1, -0.05) is 29.8 Å². The van der Waals surface area contributed by atoms with E-state index < -0.39 is 0 Å². The molecule has 1 fully saturated rings. The quantitative estimate of drug-likeness (QED) is 0.867. The highest BCUT2D eigenvalue weighted by molar-refractivity contribution is 5.93. The number of carbonyl (C=O) groups is 1. The molecule has 0 N–H and O–H groups in total. The summed E-state index contributed by atoms with van der Waals surface area (Å²) in [5.74, 6) is -0.0525. The van der Waals surface area contributed by atoms with Gasteiger partial charge < -0.3 is 9.64 Å². The normalized spacial score (nSPS) is 20.2. The summed E-state index contributed by atoms with van der Waals surface area (Å²) >= 11 is 0. The van der Waals surface area contributed by atoms with Crippen molar-refractivity contribution in [2.24, 2.45) is 0 Å². The van der Waals surface area contributed by atoms with E-state index in [1.54, 1.807) is 12.3 Å². The monoisotopic (exact) mass is 325 g/mol. The number of methoxy groups -OCH3 is 1. The van der Waals surface area contributed by atoms with Gasteiger partial charge in [-0.25, -0.2) is 4.98 Å². The molecule has 126 valence electrons. The zero-order valence-electron chi connectivity index (χ0n) is 14.5. The van der Waals surface area contributed by atoms with E-state index in [1.165, 1.54) is 18.2 Å². The molecule has 0 spiro atoms. The van der Waals surface area contributed by atoms with Crippen LogP contribution in [-0.2, 0) is 6.42 Å². The van der Waals surface area contributed by atoms with E-state index in [2.05, 4.69) is 48.1 Å². The first-order valence-corrected chi connectivity index (χ1v) is 8.26. The summed E-state index contributed by atoms with van der Waals surface area (Å²) in [7, 11) is 1.50. The van der Waals surface area contributed by atoms with Crippen molar-refractivity contribution in [2.45, 2.75) is 38.6 Å². The van der Waals surface area contributed by atoms with Crippen LogP contribution in [0.25, 0.3) is 0 Å². The highest BCUT2D eigenvalue weighted by atomic mass is 16.5. The first kappa shape index (κ1) is 16.4. The molecule has 0 radical (unpaired) electrons. The number of aryl methyl sites for hydroxylation is 1. The summed E-state index contributed by atoms with van der Waals surface area (Å²) in [5.41, 5.74) is 2.70. The number of nitrogens with zero attached hydrogens (tertiary/aromatic N) is 3. The van der Waals surface area contributed by atoms with Crippen LogP contribution in [0.15, 0.2) is 36.5 Å². The number of rotatable bonds is 4. The van der Waals surface area contributed by atoms with Crippen LogP contribution in [0, 0.1) is 6.92 Å². The highest BCUT2D eigenvalue weighted by Crippen LogP contribution is 2.33. The molecule has 1 unspecified atom stereocenters. The van der Waals surface area contributed by atoms with Crippen LogP contribution < -0.4 is 4.74 Å². The van der Waals surface area contributed by atoms with Gasteiger partial charge in [0.15, 0.2) is 0 Å². The Kier molecular flexibility index (Phi) is 4.51. The molecule has 24 heavy (non-hydrogen) atoms. The van der Waals surface area contributed by atoms with Gasteiger partial charge in [-0.15, -0.1) is 0 Å². The Morgan fingerprint density at radius 3 is 2.96 bits per heavy atom. The van der Waals surface area contributed by atoms with Crippen molar-refractivity contribution in [1.29, 1.82) is 0 Å². The maximum absolute atomic E-state index is 13.0. The minimum atomic E-state index is -0.191. The Morgan fingerprint density at radius 1 is 1.38 bits per heavy atom. The predicted octanol–water partition coefficient (Wildman–Crippen LogP) is 3.03. The summed E-state index contributed by atoms with van der Waals surface area (Å²) < 4.78 is 5.04. The van der Waals surface area contributed by atoms with E-state index in [-0.39, 0.29) is 17.5 Å². The topological polar surface area (TPSA) is 55.3 Å². The third-order valence-corrected chi connectivity index (χ3v) is 4.70. The van der Waals surface area contributed by atoms with Crippen LogP contribution in [0.2, 0.25) is 0 Å². The molecule has 1 aliphatic rings. The molecule has 1 amide bonds. The number of benzene rings is 1. The van der Waals surface area contributed by atoms with Gasteiger partial charge in [0, 0.05) is 18.3 Å². The molecule has 5 heteroatoms. The smallest absolute Gasteiger partial charge is 0.316 e. The molecule has 2 aromatic rings. The molecular formula is C19H23N3O2. The van der Waals surface area contributed by atoms with E-state index in [1.807, 2.05) is 4.90 Å². The van der Waals surface area contributed by atoms with E-state index in [0.717, 1.165) is 25.8 Å². The van der Waals surface area contributed by atoms with Gasteiger partial charge >= 0.3 is 6.01 Å². The Bertz CT molecular complexity index is 747. The average molecular weight is 325 g/mol. The zero-order valence-corrected chi connectivity index (χ0v) is 14.5. The first-order chi connectivity index (χ1) is 11.5. The van der Waals surface area contributed by atoms with Crippen molar-refractivity contribution < 1.29 is 9.53 Å². The number of amides is 1. The number of hydrogen-bond donors (Lipinski definition) is 0. The Hall–Kier alpha value is -2.43. The Balaban J connectivity index is 1.84. The molecule has 1 saturated heterocycles. The van der Waals surface area contributed by atoms with Crippen molar-refractivity contribution in [1.82, 2.24) is 14.9 Å². The lowest BCUT2D eigenvalue weighted by atomic mass is 9.89. The number of ether oxygens (including phenoxy) is 1. The molecule has 2 heterocycles. The SMILES string of the molecule is COc1nccc(C(=O)N2CCCC2(C)Cc2cccc(C)c2)n1. The van der Waals surface area contributed by atoms with Crippen molar-refractivity contribution in [3.8, 4) is 6.01 Å². The third kappa shape index (κ3) is 3.25. The first-order valence-electron chi connectivity index (χ1n) is 8.26. The molecular weight excluding hydrogens is 302 g/mol. The van der Waals surface area contributed by atoms with E-state index >= 15 is 0 Å². The van der Waals surface area contributed by atoms with Crippen LogP contribution in [-0.4, -0.2) is 40.0 Å². The largest absolute Gasteiger partial charge is 0.467 e. The van der Waals surface area contributed by atoms with Gasteiger partial charge in [0.2, 0.25) is 0 Å². The fourth-order valence-electron chi connectivity index (χ4n) is 3.51. The van der Waals surface area contributed by atoms with Crippen LogP contribution in [0.5, 0.6) is 6.01 Å². The third-order valence-electron chi connectivity index (χ3n) is 4.70. The minimum Gasteiger partial charge on any atom is -0.467 e. The fourth-order valence-corrected chi connectivity index (χ4v) is 3.51. The van der Waals surface area contributed by atoms with Gasteiger partial charge in [-0.3, -0.25) is 4.79 Å². The molecule has 1 aromatic heterocycles. The molecule has 1 atom stereocenters.